The second-order valence-electron chi connectivity index (χ2n) is 6.29. The van der Waals surface area contributed by atoms with Crippen LogP contribution < -0.4 is 0 Å². The van der Waals surface area contributed by atoms with Gasteiger partial charge in [0.2, 0.25) is 0 Å². The van der Waals surface area contributed by atoms with E-state index in [0.717, 1.165) is 25.9 Å². The van der Waals surface area contributed by atoms with Gasteiger partial charge in [-0.1, -0.05) is 19.3 Å². The van der Waals surface area contributed by atoms with Crippen LogP contribution >= 0.6 is 0 Å². The van der Waals surface area contributed by atoms with Gasteiger partial charge in [0.25, 0.3) is 0 Å². The minimum absolute atomic E-state index is 0.115. The van der Waals surface area contributed by atoms with E-state index in [1.54, 1.807) is 0 Å². The average molecular weight is 283 g/mol. The van der Waals surface area contributed by atoms with Crippen molar-refractivity contribution in [2.75, 3.05) is 20.2 Å². The number of carbonyl (C=O) groups excluding carboxylic acids is 1. The summed E-state index contributed by atoms with van der Waals surface area (Å²) in [4.78, 5) is 13.7. The standard InChI is InChI=1S/C16H29NO3/c1-20-16(19)10-6-12-17-11-5-4-8-14(17)13-7-2-3-9-15(13)18/h13-15,18H,2-12H2,1H3. The molecule has 1 N–H and O–H groups in total. The number of piperidine rings is 1. The predicted octanol–water partition coefficient (Wildman–Crippen LogP) is 2.35. The summed E-state index contributed by atoms with van der Waals surface area (Å²) in [6.07, 6.45) is 9.56. The van der Waals surface area contributed by atoms with Crippen molar-refractivity contribution in [2.24, 2.45) is 5.92 Å². The van der Waals surface area contributed by atoms with Crippen molar-refractivity contribution >= 4 is 5.97 Å². The molecule has 2 aliphatic rings. The number of esters is 1. The second kappa shape index (κ2) is 7.99. The Kier molecular flexibility index (Phi) is 6.30. The van der Waals surface area contributed by atoms with Crippen molar-refractivity contribution in [1.82, 2.24) is 4.90 Å². The summed E-state index contributed by atoms with van der Waals surface area (Å²) in [5.41, 5.74) is 0. The molecule has 0 spiro atoms. The molecule has 4 nitrogen and oxygen atoms in total. The fourth-order valence-corrected chi connectivity index (χ4v) is 3.90. The van der Waals surface area contributed by atoms with E-state index < -0.39 is 0 Å². The molecule has 2 fully saturated rings. The average Bonchev–Trinajstić information content (AvgIpc) is 2.48. The van der Waals surface area contributed by atoms with Crippen molar-refractivity contribution in [3.05, 3.63) is 0 Å². The Hall–Kier alpha value is -0.610. The molecule has 1 heterocycles. The van der Waals surface area contributed by atoms with E-state index in [1.807, 2.05) is 0 Å². The number of hydrogen-bond acceptors (Lipinski definition) is 4. The summed E-state index contributed by atoms with van der Waals surface area (Å²) in [5.74, 6) is 0.332. The summed E-state index contributed by atoms with van der Waals surface area (Å²) in [7, 11) is 1.45. The first kappa shape index (κ1) is 15.8. The zero-order valence-corrected chi connectivity index (χ0v) is 12.7. The number of methoxy groups -OCH3 is 1. The number of aliphatic hydroxyl groups is 1. The molecule has 3 unspecified atom stereocenters. The molecule has 0 aromatic heterocycles. The van der Waals surface area contributed by atoms with Gasteiger partial charge in [0.05, 0.1) is 13.2 Å². The van der Waals surface area contributed by atoms with E-state index >= 15 is 0 Å². The minimum atomic E-state index is -0.116. The van der Waals surface area contributed by atoms with Crippen molar-refractivity contribution in [2.45, 2.75) is 69.9 Å². The lowest BCUT2D eigenvalue weighted by atomic mass is 9.78. The van der Waals surface area contributed by atoms with E-state index in [9.17, 15) is 9.90 Å². The number of hydrogen-bond donors (Lipinski definition) is 1. The number of rotatable bonds is 5. The molecule has 1 saturated heterocycles. The van der Waals surface area contributed by atoms with Gasteiger partial charge in [0, 0.05) is 18.4 Å². The summed E-state index contributed by atoms with van der Waals surface area (Å²) in [5, 5.41) is 10.3. The van der Waals surface area contributed by atoms with Crippen molar-refractivity contribution in [3.8, 4) is 0 Å². The van der Waals surface area contributed by atoms with Crippen LogP contribution in [0.5, 0.6) is 0 Å². The molecule has 2 rings (SSSR count). The largest absolute Gasteiger partial charge is 0.469 e. The van der Waals surface area contributed by atoms with Gasteiger partial charge in [-0.25, -0.2) is 0 Å². The van der Waals surface area contributed by atoms with Crippen LogP contribution in [-0.4, -0.2) is 48.3 Å². The molecule has 1 aliphatic heterocycles. The Balaban J connectivity index is 1.86. The number of ether oxygens (including phenoxy) is 1. The molecular formula is C16H29NO3. The first-order valence-corrected chi connectivity index (χ1v) is 8.21. The molecule has 0 amide bonds. The lowest BCUT2D eigenvalue weighted by Crippen LogP contribution is -2.49. The maximum absolute atomic E-state index is 11.2. The SMILES string of the molecule is COC(=O)CCCN1CCCCC1C1CCCCC1O. The zero-order chi connectivity index (χ0) is 14.4. The molecule has 3 atom stereocenters. The number of likely N-dealkylation sites (tertiary alicyclic amines) is 1. The smallest absolute Gasteiger partial charge is 0.305 e. The highest BCUT2D eigenvalue weighted by atomic mass is 16.5. The van der Waals surface area contributed by atoms with E-state index in [1.165, 1.54) is 45.6 Å². The maximum Gasteiger partial charge on any atom is 0.305 e. The second-order valence-corrected chi connectivity index (χ2v) is 6.29. The van der Waals surface area contributed by atoms with Gasteiger partial charge in [-0.3, -0.25) is 9.69 Å². The maximum atomic E-state index is 11.2. The number of aliphatic hydroxyl groups excluding tert-OH is 1. The lowest BCUT2D eigenvalue weighted by molar-refractivity contribution is -0.140. The molecule has 116 valence electrons. The van der Waals surface area contributed by atoms with Gasteiger partial charge in [-0.15, -0.1) is 0 Å². The van der Waals surface area contributed by atoms with Crippen LogP contribution in [0.15, 0.2) is 0 Å². The van der Waals surface area contributed by atoms with Gasteiger partial charge in [0.1, 0.15) is 0 Å². The third-order valence-corrected chi connectivity index (χ3v) is 4.99. The van der Waals surface area contributed by atoms with Gasteiger partial charge in [-0.2, -0.15) is 0 Å². The van der Waals surface area contributed by atoms with E-state index in [2.05, 4.69) is 4.90 Å². The zero-order valence-electron chi connectivity index (χ0n) is 12.7. The molecular weight excluding hydrogens is 254 g/mol. The first-order chi connectivity index (χ1) is 9.72. The lowest BCUT2D eigenvalue weighted by Gasteiger charge is -2.43. The van der Waals surface area contributed by atoms with Crippen LogP contribution in [0.4, 0.5) is 0 Å². The Morgan fingerprint density at radius 3 is 2.70 bits per heavy atom. The highest BCUT2D eigenvalue weighted by molar-refractivity contribution is 5.69. The van der Waals surface area contributed by atoms with E-state index in [4.69, 9.17) is 4.74 Å². The van der Waals surface area contributed by atoms with Crippen LogP contribution in [0.2, 0.25) is 0 Å². The highest BCUT2D eigenvalue weighted by Gasteiger charge is 2.35. The molecule has 0 bridgehead atoms. The fraction of sp³-hybridized carbons (Fsp3) is 0.938. The summed E-state index contributed by atoms with van der Waals surface area (Å²) in [6.45, 7) is 2.08. The van der Waals surface area contributed by atoms with Gasteiger partial charge in [-0.05, 0) is 45.2 Å². The Morgan fingerprint density at radius 2 is 1.95 bits per heavy atom. The number of nitrogens with zero attached hydrogens (tertiary/aromatic N) is 1. The fourth-order valence-electron chi connectivity index (χ4n) is 3.90. The molecule has 0 aromatic carbocycles. The summed E-state index contributed by atoms with van der Waals surface area (Å²) in [6, 6.07) is 0.525. The molecule has 1 saturated carbocycles. The molecule has 0 aromatic rings. The Labute approximate surface area is 122 Å². The first-order valence-electron chi connectivity index (χ1n) is 8.21. The van der Waals surface area contributed by atoms with Crippen molar-refractivity contribution in [3.63, 3.8) is 0 Å². The van der Waals surface area contributed by atoms with Gasteiger partial charge >= 0.3 is 5.97 Å². The predicted molar refractivity (Wildman–Crippen MR) is 78.4 cm³/mol. The normalized spacial score (nSPS) is 32.0. The van der Waals surface area contributed by atoms with Crippen LogP contribution in [0, 0.1) is 5.92 Å². The van der Waals surface area contributed by atoms with Crippen molar-refractivity contribution < 1.29 is 14.6 Å². The molecule has 20 heavy (non-hydrogen) atoms. The molecule has 0 radical (unpaired) electrons. The topological polar surface area (TPSA) is 49.8 Å². The summed E-state index contributed by atoms with van der Waals surface area (Å²) < 4.78 is 4.70. The minimum Gasteiger partial charge on any atom is -0.469 e. The van der Waals surface area contributed by atoms with Crippen LogP contribution in [0.1, 0.15) is 57.8 Å². The summed E-state index contributed by atoms with van der Waals surface area (Å²) >= 11 is 0. The van der Waals surface area contributed by atoms with Crippen molar-refractivity contribution in [1.29, 1.82) is 0 Å². The van der Waals surface area contributed by atoms with Gasteiger partial charge < -0.3 is 9.84 Å². The van der Waals surface area contributed by atoms with Crippen LogP contribution in [0.25, 0.3) is 0 Å². The van der Waals surface area contributed by atoms with E-state index in [0.29, 0.717) is 18.4 Å². The third kappa shape index (κ3) is 4.19. The van der Waals surface area contributed by atoms with Crippen LogP contribution in [-0.2, 0) is 9.53 Å². The molecule has 1 aliphatic carbocycles. The Morgan fingerprint density at radius 1 is 1.20 bits per heavy atom. The van der Waals surface area contributed by atoms with Gasteiger partial charge in [0.15, 0.2) is 0 Å². The quantitative estimate of drug-likeness (QED) is 0.787. The van der Waals surface area contributed by atoms with E-state index in [-0.39, 0.29) is 12.1 Å². The Bertz CT molecular complexity index is 308. The monoisotopic (exact) mass is 283 g/mol. The third-order valence-electron chi connectivity index (χ3n) is 4.99. The number of carbonyl (C=O) groups is 1. The molecule has 4 heteroatoms. The van der Waals surface area contributed by atoms with Crippen LogP contribution in [0.3, 0.4) is 0 Å². The highest BCUT2D eigenvalue weighted by Crippen LogP contribution is 2.34.